The molecule has 6 heteroatoms. The minimum atomic E-state index is -0.883. The minimum Gasteiger partial charge on any atom is -0.480 e. The molecular formula is C30H32ClNO4. The van der Waals surface area contributed by atoms with Crippen molar-refractivity contribution in [1.82, 2.24) is 0 Å². The number of fused-ring (bicyclic) bond motifs is 5. The van der Waals surface area contributed by atoms with Crippen LogP contribution in [-0.4, -0.2) is 28.4 Å². The first-order valence-corrected chi connectivity index (χ1v) is 12.7. The van der Waals surface area contributed by atoms with Crippen LogP contribution in [0, 0.1) is 0 Å². The molecule has 0 spiro atoms. The fraction of sp³-hybridized carbons (Fsp3) is 0.367. The number of nitrogens with zero attached hydrogens (tertiary/aromatic N) is 1. The highest BCUT2D eigenvalue weighted by Gasteiger charge is 2.50. The number of para-hydroxylation sites is 1. The molecule has 0 radical (unpaired) electrons. The molecule has 5 rings (SSSR count). The van der Waals surface area contributed by atoms with Gasteiger partial charge in [-0.2, -0.15) is 0 Å². The Morgan fingerprint density at radius 1 is 1.00 bits per heavy atom. The summed E-state index contributed by atoms with van der Waals surface area (Å²) in [6.07, 6.45) is -1.75. The van der Waals surface area contributed by atoms with Gasteiger partial charge in [0.05, 0.1) is 17.3 Å². The highest BCUT2D eigenvalue weighted by molar-refractivity contribution is 6.30. The van der Waals surface area contributed by atoms with Gasteiger partial charge >= 0.3 is 6.09 Å². The van der Waals surface area contributed by atoms with Crippen molar-refractivity contribution >= 4 is 23.4 Å². The predicted octanol–water partition coefficient (Wildman–Crippen LogP) is 7.49. The van der Waals surface area contributed by atoms with Gasteiger partial charge in [-0.3, -0.25) is 4.90 Å². The Morgan fingerprint density at radius 3 is 2.33 bits per heavy atom. The van der Waals surface area contributed by atoms with Crippen LogP contribution < -0.4 is 9.64 Å². The minimum absolute atomic E-state index is 0.257. The maximum absolute atomic E-state index is 13.5. The molecule has 2 aliphatic heterocycles. The molecule has 1 N–H and O–H groups in total. The standard InChI is InChI=1S/C30H32ClNO4/c1-17-24-22(32(30(5,6)27(17)33)28(34)36-29(2,3)4)16-15-21-20-9-7-8-10-23(20)35-26(25(21)24)18-11-13-19(31)14-12-18/h7-17,26-27,33H,1-6H3/t17-,26-,27+/m0/s1. The molecule has 188 valence electrons. The van der Waals surface area contributed by atoms with Crippen LogP contribution in [0.2, 0.25) is 5.02 Å². The van der Waals surface area contributed by atoms with Crippen molar-refractivity contribution in [2.45, 2.75) is 70.8 Å². The number of benzene rings is 3. The SMILES string of the molecule is C[C@H]1c2c(ccc3c2[C@H](c2ccc(Cl)cc2)Oc2ccccc2-3)N(C(=O)OC(C)(C)C)C(C)(C)[C@@H]1O. The molecule has 0 fully saturated rings. The average molecular weight is 506 g/mol. The zero-order valence-electron chi connectivity index (χ0n) is 21.5. The number of aliphatic hydroxyl groups excluding tert-OH is 1. The molecule has 3 aromatic rings. The van der Waals surface area contributed by atoms with E-state index in [1.807, 2.05) is 96.1 Å². The molecule has 0 saturated heterocycles. The molecule has 0 bridgehead atoms. The number of anilines is 1. The van der Waals surface area contributed by atoms with Gasteiger partial charge in [-0.25, -0.2) is 4.79 Å². The van der Waals surface area contributed by atoms with Gasteiger partial charge < -0.3 is 14.6 Å². The van der Waals surface area contributed by atoms with Gasteiger partial charge in [0.25, 0.3) is 0 Å². The van der Waals surface area contributed by atoms with E-state index >= 15 is 0 Å². The summed E-state index contributed by atoms with van der Waals surface area (Å²) in [6, 6.07) is 19.6. The van der Waals surface area contributed by atoms with E-state index in [4.69, 9.17) is 21.1 Å². The van der Waals surface area contributed by atoms with Crippen LogP contribution in [0.4, 0.5) is 10.5 Å². The Balaban J connectivity index is 1.79. The summed E-state index contributed by atoms with van der Waals surface area (Å²) in [6.45, 7) is 11.3. The Hall–Kier alpha value is -3.02. The second kappa shape index (κ2) is 8.53. The zero-order valence-corrected chi connectivity index (χ0v) is 22.3. The summed E-state index contributed by atoms with van der Waals surface area (Å²) in [5.74, 6) is 0.533. The third-order valence-electron chi connectivity index (χ3n) is 7.17. The number of amides is 1. The molecule has 0 aliphatic carbocycles. The fourth-order valence-corrected chi connectivity index (χ4v) is 5.65. The molecule has 0 saturated carbocycles. The van der Waals surface area contributed by atoms with Crippen molar-refractivity contribution in [2.24, 2.45) is 0 Å². The molecule has 2 aliphatic rings. The van der Waals surface area contributed by atoms with Crippen LogP contribution in [0.3, 0.4) is 0 Å². The third-order valence-corrected chi connectivity index (χ3v) is 7.42. The van der Waals surface area contributed by atoms with E-state index in [2.05, 4.69) is 6.07 Å². The molecule has 1 amide bonds. The first kappa shape index (κ1) is 24.7. The van der Waals surface area contributed by atoms with Crippen molar-refractivity contribution in [3.8, 4) is 16.9 Å². The molecule has 3 atom stereocenters. The van der Waals surface area contributed by atoms with E-state index in [1.165, 1.54) is 0 Å². The Kier molecular flexibility index (Phi) is 5.85. The largest absolute Gasteiger partial charge is 0.480 e. The topological polar surface area (TPSA) is 59.0 Å². The number of rotatable bonds is 1. The van der Waals surface area contributed by atoms with Crippen LogP contribution >= 0.6 is 11.6 Å². The summed E-state index contributed by atoms with van der Waals surface area (Å²) in [5, 5.41) is 12.2. The third kappa shape index (κ3) is 3.95. The predicted molar refractivity (Wildman–Crippen MR) is 143 cm³/mol. The van der Waals surface area contributed by atoms with E-state index in [1.54, 1.807) is 4.90 Å². The summed E-state index contributed by atoms with van der Waals surface area (Å²) in [7, 11) is 0. The van der Waals surface area contributed by atoms with E-state index in [-0.39, 0.29) is 5.92 Å². The lowest BCUT2D eigenvalue weighted by Crippen LogP contribution is -2.61. The van der Waals surface area contributed by atoms with Crippen molar-refractivity contribution in [3.05, 3.63) is 82.4 Å². The molecule has 5 nitrogen and oxygen atoms in total. The van der Waals surface area contributed by atoms with Crippen molar-refractivity contribution in [3.63, 3.8) is 0 Å². The Morgan fingerprint density at radius 2 is 1.67 bits per heavy atom. The lowest BCUT2D eigenvalue weighted by Gasteiger charge is -2.50. The number of carbonyl (C=O) groups excluding carboxylic acids is 1. The van der Waals surface area contributed by atoms with Gasteiger partial charge in [0, 0.05) is 22.1 Å². The van der Waals surface area contributed by atoms with Crippen LogP contribution in [0.15, 0.2) is 60.7 Å². The van der Waals surface area contributed by atoms with Crippen molar-refractivity contribution in [1.29, 1.82) is 0 Å². The molecule has 2 heterocycles. The second-order valence-electron chi connectivity index (χ2n) is 11.2. The monoisotopic (exact) mass is 505 g/mol. The summed E-state index contributed by atoms with van der Waals surface area (Å²) < 4.78 is 12.4. The summed E-state index contributed by atoms with van der Waals surface area (Å²) >= 11 is 6.20. The van der Waals surface area contributed by atoms with E-state index in [0.717, 1.165) is 39.3 Å². The van der Waals surface area contributed by atoms with Crippen LogP contribution in [-0.2, 0) is 4.74 Å². The first-order valence-electron chi connectivity index (χ1n) is 12.3. The number of halogens is 1. The van der Waals surface area contributed by atoms with E-state index in [9.17, 15) is 9.90 Å². The quantitative estimate of drug-likeness (QED) is 0.372. The molecule has 0 unspecified atom stereocenters. The maximum atomic E-state index is 13.5. The fourth-order valence-electron chi connectivity index (χ4n) is 5.52. The van der Waals surface area contributed by atoms with Crippen molar-refractivity contribution in [2.75, 3.05) is 4.90 Å². The van der Waals surface area contributed by atoms with Gasteiger partial charge in [-0.05, 0) is 75.6 Å². The number of hydrogen-bond donors (Lipinski definition) is 1. The zero-order chi connectivity index (χ0) is 26.0. The van der Waals surface area contributed by atoms with E-state index in [0.29, 0.717) is 5.02 Å². The van der Waals surface area contributed by atoms with E-state index < -0.39 is 29.4 Å². The Bertz CT molecular complexity index is 1330. The molecular weight excluding hydrogens is 474 g/mol. The smallest absolute Gasteiger partial charge is 0.415 e. The van der Waals surface area contributed by atoms with Gasteiger partial charge in [-0.15, -0.1) is 0 Å². The second-order valence-corrected chi connectivity index (χ2v) is 11.6. The van der Waals surface area contributed by atoms with Gasteiger partial charge in [0.1, 0.15) is 17.5 Å². The molecule has 3 aromatic carbocycles. The first-order chi connectivity index (χ1) is 16.9. The normalized spacial score (nSPS) is 22.1. The highest BCUT2D eigenvalue weighted by Crippen LogP contribution is 2.54. The van der Waals surface area contributed by atoms with Crippen LogP contribution in [0.25, 0.3) is 11.1 Å². The van der Waals surface area contributed by atoms with Crippen molar-refractivity contribution < 1.29 is 19.4 Å². The lowest BCUT2D eigenvalue weighted by molar-refractivity contribution is 0.0334. The average Bonchev–Trinajstić information content (AvgIpc) is 2.81. The molecule has 0 aromatic heterocycles. The van der Waals surface area contributed by atoms with Gasteiger partial charge in [-0.1, -0.05) is 54.9 Å². The summed E-state index contributed by atoms with van der Waals surface area (Å²) in [4.78, 5) is 15.2. The number of hydrogen-bond acceptors (Lipinski definition) is 4. The van der Waals surface area contributed by atoms with Gasteiger partial charge in [0.15, 0.2) is 0 Å². The Labute approximate surface area is 217 Å². The van der Waals surface area contributed by atoms with Crippen LogP contribution in [0.5, 0.6) is 5.75 Å². The number of carbonyl (C=O) groups is 1. The number of ether oxygens (including phenoxy) is 2. The van der Waals surface area contributed by atoms with Gasteiger partial charge in [0.2, 0.25) is 0 Å². The highest BCUT2D eigenvalue weighted by atomic mass is 35.5. The van der Waals surface area contributed by atoms with Crippen LogP contribution in [0.1, 0.15) is 70.3 Å². The molecule has 36 heavy (non-hydrogen) atoms. The maximum Gasteiger partial charge on any atom is 0.415 e. The lowest BCUT2D eigenvalue weighted by atomic mass is 9.72. The summed E-state index contributed by atoms with van der Waals surface area (Å²) in [5.41, 5.74) is 3.96. The number of aliphatic hydroxyl groups is 1.